The van der Waals surface area contributed by atoms with E-state index in [-0.39, 0.29) is 27.9 Å². The molecular formula is C26H32F3N3O3S. The number of hydrogen-bond acceptors (Lipinski definition) is 5. The number of benzene rings is 2. The number of carbonyl (C=O) groups excluding carboxylic acids is 2. The number of anilines is 1. The molecule has 1 aliphatic heterocycles. The number of piperidine rings is 1. The van der Waals surface area contributed by atoms with E-state index in [1.54, 1.807) is 18.2 Å². The van der Waals surface area contributed by atoms with Crippen LogP contribution < -0.4 is 15.0 Å². The normalized spacial score (nSPS) is 15.1. The topological polar surface area (TPSA) is 61.9 Å². The van der Waals surface area contributed by atoms with Crippen LogP contribution in [-0.2, 0) is 4.79 Å². The summed E-state index contributed by atoms with van der Waals surface area (Å²) in [5.41, 5.74) is -4.28. The predicted octanol–water partition coefficient (Wildman–Crippen LogP) is 5.19. The second-order valence-electron chi connectivity index (χ2n) is 9.01. The monoisotopic (exact) mass is 523 g/mol. The van der Waals surface area contributed by atoms with Crippen LogP contribution in [0, 0.1) is 5.92 Å². The Kier molecular flexibility index (Phi) is 9.67. The van der Waals surface area contributed by atoms with E-state index in [0.29, 0.717) is 24.3 Å². The molecule has 1 fully saturated rings. The van der Waals surface area contributed by atoms with Crippen LogP contribution >= 0.6 is 11.8 Å². The van der Waals surface area contributed by atoms with Crippen molar-refractivity contribution in [2.45, 2.75) is 43.1 Å². The van der Waals surface area contributed by atoms with E-state index in [2.05, 4.69) is 24.1 Å². The minimum Gasteiger partial charge on any atom is -0.497 e. The van der Waals surface area contributed by atoms with Crippen LogP contribution in [0.2, 0.25) is 0 Å². The van der Waals surface area contributed by atoms with Gasteiger partial charge in [-0.25, -0.2) is 0 Å². The molecular weight excluding hydrogens is 491 g/mol. The fourth-order valence-electron chi connectivity index (χ4n) is 4.18. The van der Waals surface area contributed by atoms with E-state index in [1.807, 2.05) is 0 Å². The number of para-hydroxylation sites is 1. The Hall–Kier alpha value is -2.72. The molecule has 2 aromatic rings. The summed E-state index contributed by atoms with van der Waals surface area (Å²) in [5.74, 6) is -0.140. The highest BCUT2D eigenvalue weighted by Crippen LogP contribution is 2.41. The van der Waals surface area contributed by atoms with Crippen molar-refractivity contribution in [1.82, 2.24) is 10.2 Å². The lowest BCUT2D eigenvalue weighted by molar-refractivity contribution is -0.120. The Labute approximate surface area is 214 Å². The number of thioether (sulfide) groups is 1. The summed E-state index contributed by atoms with van der Waals surface area (Å²) < 4.78 is 44.8. The zero-order valence-corrected chi connectivity index (χ0v) is 21.5. The van der Waals surface area contributed by atoms with Crippen molar-refractivity contribution in [3.8, 4) is 5.75 Å². The number of carbonyl (C=O) groups is 2. The molecule has 36 heavy (non-hydrogen) atoms. The quantitative estimate of drug-likeness (QED) is 0.459. The van der Waals surface area contributed by atoms with Gasteiger partial charge in [-0.1, -0.05) is 12.1 Å². The first-order chi connectivity index (χ1) is 17.1. The molecule has 6 nitrogen and oxygen atoms in total. The number of alkyl halides is 3. The van der Waals surface area contributed by atoms with Gasteiger partial charge in [0.15, 0.2) is 0 Å². The van der Waals surface area contributed by atoms with Crippen LogP contribution in [0.25, 0.3) is 0 Å². The SMILES string of the molecule is COc1ccc(C(=O)N(CC(=O)NCC2CCN(C(C)C)CC2)c2ccccc2SC(F)(F)F)cc1. The van der Waals surface area contributed by atoms with Gasteiger partial charge in [-0.2, -0.15) is 13.2 Å². The van der Waals surface area contributed by atoms with Crippen LogP contribution in [0.15, 0.2) is 53.4 Å². The molecule has 0 aliphatic carbocycles. The van der Waals surface area contributed by atoms with Gasteiger partial charge < -0.3 is 15.0 Å². The van der Waals surface area contributed by atoms with Gasteiger partial charge in [-0.3, -0.25) is 14.5 Å². The fourth-order valence-corrected chi connectivity index (χ4v) is 4.86. The Balaban J connectivity index is 1.77. The van der Waals surface area contributed by atoms with Crippen LogP contribution in [0.3, 0.4) is 0 Å². The second kappa shape index (κ2) is 12.5. The number of halogens is 3. The number of hydrogen-bond donors (Lipinski definition) is 1. The lowest BCUT2D eigenvalue weighted by atomic mass is 9.96. The summed E-state index contributed by atoms with van der Waals surface area (Å²) in [6.45, 7) is 6.31. The van der Waals surface area contributed by atoms with Crippen molar-refractivity contribution < 1.29 is 27.5 Å². The average Bonchev–Trinajstić information content (AvgIpc) is 2.85. The van der Waals surface area contributed by atoms with Crippen molar-refractivity contribution in [2.24, 2.45) is 5.92 Å². The highest BCUT2D eigenvalue weighted by molar-refractivity contribution is 8.00. The van der Waals surface area contributed by atoms with Crippen molar-refractivity contribution in [2.75, 3.05) is 38.2 Å². The second-order valence-corrected chi connectivity index (χ2v) is 10.1. The number of nitrogens with one attached hydrogen (secondary N) is 1. The molecule has 0 atom stereocenters. The van der Waals surface area contributed by atoms with Crippen molar-refractivity contribution in [1.29, 1.82) is 0 Å². The molecule has 0 radical (unpaired) electrons. The molecule has 0 unspecified atom stereocenters. The molecule has 0 bridgehead atoms. The molecule has 1 aliphatic rings. The Morgan fingerprint density at radius 2 is 1.75 bits per heavy atom. The zero-order chi connectivity index (χ0) is 26.3. The van der Waals surface area contributed by atoms with Gasteiger partial charge >= 0.3 is 5.51 Å². The van der Waals surface area contributed by atoms with E-state index < -0.39 is 23.9 Å². The minimum atomic E-state index is -4.54. The van der Waals surface area contributed by atoms with Crippen LogP contribution in [0.4, 0.5) is 18.9 Å². The smallest absolute Gasteiger partial charge is 0.446 e. The largest absolute Gasteiger partial charge is 0.497 e. The molecule has 2 amide bonds. The van der Waals surface area contributed by atoms with Crippen molar-refractivity contribution in [3.63, 3.8) is 0 Å². The first-order valence-corrected chi connectivity index (χ1v) is 12.7. The predicted molar refractivity (Wildman–Crippen MR) is 135 cm³/mol. The molecule has 1 heterocycles. The Morgan fingerprint density at radius 3 is 2.33 bits per heavy atom. The van der Waals surface area contributed by atoms with Gasteiger partial charge in [-0.05, 0) is 93.9 Å². The molecule has 2 aromatic carbocycles. The molecule has 0 spiro atoms. The van der Waals surface area contributed by atoms with Gasteiger partial charge in [0.05, 0.1) is 12.8 Å². The first kappa shape index (κ1) is 27.9. The summed E-state index contributed by atoms with van der Waals surface area (Å²) >= 11 is -0.310. The van der Waals surface area contributed by atoms with E-state index in [4.69, 9.17) is 4.74 Å². The number of rotatable bonds is 9. The van der Waals surface area contributed by atoms with Gasteiger partial charge in [-0.15, -0.1) is 0 Å². The maximum absolute atomic E-state index is 13.4. The molecule has 1 N–H and O–H groups in total. The molecule has 3 rings (SSSR count). The lowest BCUT2D eigenvalue weighted by Crippen LogP contribution is -2.44. The standard InChI is InChI=1S/C26H32F3N3O3S/c1-18(2)31-14-12-19(13-15-31)16-30-24(33)17-32(25(34)20-8-10-21(35-3)11-9-20)22-6-4-5-7-23(22)36-26(27,28)29/h4-11,18-19H,12-17H2,1-3H3,(H,30,33). The summed E-state index contributed by atoms with van der Waals surface area (Å²) in [6, 6.07) is 12.4. The molecule has 0 saturated carbocycles. The molecule has 0 aromatic heterocycles. The highest BCUT2D eigenvalue weighted by Gasteiger charge is 2.33. The number of ether oxygens (including phenoxy) is 1. The van der Waals surface area contributed by atoms with E-state index in [1.165, 1.54) is 37.4 Å². The number of nitrogens with zero attached hydrogens (tertiary/aromatic N) is 2. The van der Waals surface area contributed by atoms with Crippen LogP contribution in [0.1, 0.15) is 37.0 Å². The highest BCUT2D eigenvalue weighted by atomic mass is 32.2. The number of amides is 2. The Bertz CT molecular complexity index is 1020. The summed E-state index contributed by atoms with van der Waals surface area (Å²) in [6.07, 6.45) is 1.91. The summed E-state index contributed by atoms with van der Waals surface area (Å²) in [5, 5.41) is 2.89. The van der Waals surface area contributed by atoms with Gasteiger partial charge in [0, 0.05) is 23.0 Å². The zero-order valence-electron chi connectivity index (χ0n) is 20.7. The maximum Gasteiger partial charge on any atom is 0.446 e. The van der Waals surface area contributed by atoms with E-state index in [0.717, 1.165) is 30.8 Å². The number of likely N-dealkylation sites (tertiary alicyclic amines) is 1. The third kappa shape index (κ3) is 7.89. The minimum absolute atomic E-state index is 0.0287. The van der Waals surface area contributed by atoms with Gasteiger partial charge in [0.2, 0.25) is 5.91 Å². The number of methoxy groups -OCH3 is 1. The molecule has 1 saturated heterocycles. The third-order valence-electron chi connectivity index (χ3n) is 6.23. The first-order valence-electron chi connectivity index (χ1n) is 11.9. The van der Waals surface area contributed by atoms with Gasteiger partial charge in [0.25, 0.3) is 5.91 Å². The lowest BCUT2D eigenvalue weighted by Gasteiger charge is -2.34. The van der Waals surface area contributed by atoms with Crippen LogP contribution in [0.5, 0.6) is 5.75 Å². The third-order valence-corrected chi connectivity index (χ3v) is 7.03. The summed E-state index contributed by atoms with van der Waals surface area (Å²) in [7, 11) is 1.49. The maximum atomic E-state index is 13.4. The van der Waals surface area contributed by atoms with Gasteiger partial charge in [0.1, 0.15) is 12.3 Å². The van der Waals surface area contributed by atoms with Crippen LogP contribution in [-0.4, -0.2) is 61.6 Å². The fraction of sp³-hybridized carbons (Fsp3) is 0.462. The van der Waals surface area contributed by atoms with E-state index >= 15 is 0 Å². The van der Waals surface area contributed by atoms with Crippen molar-refractivity contribution in [3.05, 3.63) is 54.1 Å². The average molecular weight is 524 g/mol. The van der Waals surface area contributed by atoms with Crippen molar-refractivity contribution >= 4 is 29.3 Å². The molecule has 196 valence electrons. The van der Waals surface area contributed by atoms with E-state index in [9.17, 15) is 22.8 Å². The Morgan fingerprint density at radius 1 is 1.11 bits per heavy atom. The molecule has 10 heteroatoms. The summed E-state index contributed by atoms with van der Waals surface area (Å²) in [4.78, 5) is 29.7.